The van der Waals surface area contributed by atoms with Gasteiger partial charge in [-0.1, -0.05) is 49.2 Å². The van der Waals surface area contributed by atoms with Crippen molar-refractivity contribution in [3.05, 3.63) is 84.2 Å². The highest BCUT2D eigenvalue weighted by Gasteiger charge is 2.17. The highest BCUT2D eigenvalue weighted by molar-refractivity contribution is 6.08. The zero-order valence-corrected chi connectivity index (χ0v) is 17.6. The highest BCUT2D eigenvalue weighted by atomic mass is 16.3. The van der Waals surface area contributed by atoms with Crippen LogP contribution in [0, 0.1) is 6.92 Å². The monoisotopic (exact) mass is 404 g/mol. The molecule has 1 aliphatic rings. The molecule has 31 heavy (non-hydrogen) atoms. The second-order valence-electron chi connectivity index (χ2n) is 8.62. The smallest absolute Gasteiger partial charge is 0.227 e. The van der Waals surface area contributed by atoms with Crippen LogP contribution in [0.25, 0.3) is 44.5 Å². The molecule has 0 radical (unpaired) electrons. The van der Waals surface area contributed by atoms with E-state index in [2.05, 4.69) is 70.6 Å². The molecule has 0 amide bonds. The van der Waals surface area contributed by atoms with Crippen molar-refractivity contribution in [2.75, 3.05) is 0 Å². The van der Waals surface area contributed by atoms with E-state index in [1.54, 1.807) is 0 Å². The molecule has 3 nitrogen and oxygen atoms in total. The molecule has 1 fully saturated rings. The van der Waals surface area contributed by atoms with E-state index in [-0.39, 0.29) is 0 Å². The average molecular weight is 405 g/mol. The molecule has 0 aliphatic heterocycles. The summed E-state index contributed by atoms with van der Waals surface area (Å²) in [4.78, 5) is 9.24. The number of benzene rings is 2. The fourth-order valence-corrected chi connectivity index (χ4v) is 4.94. The number of aryl methyl sites for hydroxylation is 1. The number of para-hydroxylation sites is 1. The van der Waals surface area contributed by atoms with Crippen molar-refractivity contribution in [2.24, 2.45) is 0 Å². The van der Waals surface area contributed by atoms with Crippen LogP contribution in [0.5, 0.6) is 0 Å². The van der Waals surface area contributed by atoms with E-state index in [0.717, 1.165) is 39.2 Å². The minimum Gasteiger partial charge on any atom is -0.437 e. The first-order valence-corrected chi connectivity index (χ1v) is 11.1. The van der Waals surface area contributed by atoms with Crippen LogP contribution in [0.2, 0.25) is 0 Å². The Hall–Kier alpha value is -3.46. The summed E-state index contributed by atoms with van der Waals surface area (Å²) >= 11 is 0. The molecule has 0 spiro atoms. The van der Waals surface area contributed by atoms with Gasteiger partial charge in [-0.25, -0.2) is 4.98 Å². The van der Waals surface area contributed by atoms with Gasteiger partial charge in [0.1, 0.15) is 5.58 Å². The number of hydrogen-bond acceptors (Lipinski definition) is 3. The summed E-state index contributed by atoms with van der Waals surface area (Å²) in [5, 5.41) is 2.12. The van der Waals surface area contributed by atoms with Crippen LogP contribution in [0.15, 0.2) is 77.3 Å². The third kappa shape index (κ3) is 3.21. The lowest BCUT2D eigenvalue weighted by atomic mass is 9.95. The van der Waals surface area contributed by atoms with Crippen molar-refractivity contribution in [1.82, 2.24) is 9.97 Å². The summed E-state index contributed by atoms with van der Waals surface area (Å²) in [5.41, 5.74) is 8.26. The molecular formula is C28H24N2O. The van der Waals surface area contributed by atoms with Gasteiger partial charge in [-0.15, -0.1) is 0 Å². The Morgan fingerprint density at radius 3 is 2.52 bits per heavy atom. The summed E-state index contributed by atoms with van der Waals surface area (Å²) in [5.74, 6) is 0.741. The first kappa shape index (κ1) is 18.3. The summed E-state index contributed by atoms with van der Waals surface area (Å²) < 4.78 is 6.19. The molecule has 5 aromatic rings. The maximum absolute atomic E-state index is 6.19. The lowest BCUT2D eigenvalue weighted by Gasteiger charge is -2.11. The molecule has 1 aliphatic carbocycles. The largest absolute Gasteiger partial charge is 0.437 e. The number of pyridine rings is 2. The standard InChI is InChI=1S/C28H24N2O/c1-18-9-14-24-23-7-4-8-25(27(23)31-28(24)30-18)26-17-22(15-16-29-26)21-12-10-20(11-13-21)19-5-2-3-6-19/h4,7-17,19H,2-3,5-6H2,1H3. The van der Waals surface area contributed by atoms with Gasteiger partial charge in [0.05, 0.1) is 5.69 Å². The fourth-order valence-electron chi connectivity index (χ4n) is 4.94. The normalized spacial score (nSPS) is 14.6. The minimum atomic E-state index is 0.682. The molecule has 3 heteroatoms. The number of rotatable bonds is 3. The van der Waals surface area contributed by atoms with Crippen LogP contribution in [-0.2, 0) is 0 Å². The van der Waals surface area contributed by atoms with E-state index in [4.69, 9.17) is 4.42 Å². The number of aromatic nitrogens is 2. The Labute approximate surface area is 181 Å². The van der Waals surface area contributed by atoms with E-state index >= 15 is 0 Å². The molecule has 0 unspecified atom stereocenters. The topological polar surface area (TPSA) is 38.9 Å². The quantitative estimate of drug-likeness (QED) is 0.309. The maximum Gasteiger partial charge on any atom is 0.227 e. The van der Waals surface area contributed by atoms with Crippen LogP contribution < -0.4 is 0 Å². The zero-order valence-electron chi connectivity index (χ0n) is 17.6. The van der Waals surface area contributed by atoms with E-state index in [9.17, 15) is 0 Å². The number of nitrogens with zero attached hydrogens (tertiary/aromatic N) is 2. The van der Waals surface area contributed by atoms with Gasteiger partial charge >= 0.3 is 0 Å². The molecule has 0 bridgehead atoms. The molecule has 6 rings (SSSR count). The number of fused-ring (bicyclic) bond motifs is 3. The number of hydrogen-bond donors (Lipinski definition) is 0. The molecule has 0 saturated heterocycles. The Morgan fingerprint density at radius 2 is 1.68 bits per heavy atom. The Bertz CT molecular complexity index is 1390. The van der Waals surface area contributed by atoms with E-state index in [0.29, 0.717) is 5.71 Å². The zero-order chi connectivity index (χ0) is 20.8. The molecule has 3 heterocycles. The van der Waals surface area contributed by atoms with Crippen molar-refractivity contribution in [2.45, 2.75) is 38.5 Å². The van der Waals surface area contributed by atoms with Gasteiger partial charge in [-0.3, -0.25) is 4.98 Å². The average Bonchev–Trinajstić information content (AvgIpc) is 3.47. The van der Waals surface area contributed by atoms with Crippen molar-refractivity contribution >= 4 is 22.1 Å². The molecule has 152 valence electrons. The van der Waals surface area contributed by atoms with Gasteiger partial charge in [0.2, 0.25) is 5.71 Å². The Morgan fingerprint density at radius 1 is 0.839 bits per heavy atom. The molecule has 1 saturated carbocycles. The van der Waals surface area contributed by atoms with Crippen molar-refractivity contribution in [3.63, 3.8) is 0 Å². The van der Waals surface area contributed by atoms with Crippen molar-refractivity contribution in [3.8, 4) is 22.4 Å². The van der Waals surface area contributed by atoms with Gasteiger partial charge in [0, 0.05) is 28.2 Å². The van der Waals surface area contributed by atoms with E-state index in [1.807, 2.05) is 19.2 Å². The molecule has 2 aromatic carbocycles. The Balaban J connectivity index is 1.41. The molecule has 3 aromatic heterocycles. The van der Waals surface area contributed by atoms with Crippen LogP contribution in [0.3, 0.4) is 0 Å². The van der Waals surface area contributed by atoms with Crippen LogP contribution in [-0.4, -0.2) is 9.97 Å². The van der Waals surface area contributed by atoms with Crippen molar-refractivity contribution < 1.29 is 4.42 Å². The predicted molar refractivity (Wildman–Crippen MR) is 126 cm³/mol. The number of furan rings is 1. The summed E-state index contributed by atoms with van der Waals surface area (Å²) in [7, 11) is 0. The lowest BCUT2D eigenvalue weighted by molar-refractivity contribution is 0.653. The van der Waals surface area contributed by atoms with Gasteiger partial charge in [0.25, 0.3) is 0 Å². The Kier molecular flexibility index (Phi) is 4.34. The molecule has 0 N–H and O–H groups in total. The fraction of sp³-hybridized carbons (Fsp3) is 0.214. The van der Waals surface area contributed by atoms with Gasteiger partial charge < -0.3 is 4.42 Å². The first-order chi connectivity index (χ1) is 15.3. The first-order valence-electron chi connectivity index (χ1n) is 11.1. The lowest BCUT2D eigenvalue weighted by Crippen LogP contribution is -1.92. The van der Waals surface area contributed by atoms with Crippen LogP contribution >= 0.6 is 0 Å². The third-order valence-corrected chi connectivity index (χ3v) is 6.61. The molecular weight excluding hydrogens is 380 g/mol. The summed E-state index contributed by atoms with van der Waals surface area (Å²) in [6.07, 6.45) is 7.27. The second-order valence-corrected chi connectivity index (χ2v) is 8.62. The molecule has 0 atom stereocenters. The van der Waals surface area contributed by atoms with Gasteiger partial charge in [-0.05, 0) is 72.7 Å². The highest BCUT2D eigenvalue weighted by Crippen LogP contribution is 2.37. The maximum atomic E-state index is 6.19. The van der Waals surface area contributed by atoms with Crippen molar-refractivity contribution in [1.29, 1.82) is 0 Å². The second kappa shape index (κ2) is 7.35. The van der Waals surface area contributed by atoms with E-state index < -0.39 is 0 Å². The summed E-state index contributed by atoms with van der Waals surface area (Å²) in [6, 6.07) is 23.7. The summed E-state index contributed by atoms with van der Waals surface area (Å²) in [6.45, 7) is 1.98. The SMILES string of the molecule is Cc1ccc2c(n1)oc1c(-c3cc(-c4ccc(C5CCCC5)cc4)ccn3)cccc12. The van der Waals surface area contributed by atoms with Crippen LogP contribution in [0.1, 0.15) is 42.9 Å². The van der Waals surface area contributed by atoms with Gasteiger partial charge in [-0.2, -0.15) is 0 Å². The van der Waals surface area contributed by atoms with Gasteiger partial charge in [0.15, 0.2) is 0 Å². The van der Waals surface area contributed by atoms with Crippen LogP contribution in [0.4, 0.5) is 0 Å². The van der Waals surface area contributed by atoms with E-state index in [1.165, 1.54) is 42.4 Å². The predicted octanol–water partition coefficient (Wildman–Crippen LogP) is 7.68. The third-order valence-electron chi connectivity index (χ3n) is 6.61. The minimum absolute atomic E-state index is 0.682.